The summed E-state index contributed by atoms with van der Waals surface area (Å²) in [4.78, 5) is 52.1. The normalized spacial score (nSPS) is 13.6. The van der Waals surface area contributed by atoms with E-state index in [2.05, 4.69) is 228 Å². The van der Waals surface area contributed by atoms with Crippen LogP contribution in [-0.2, 0) is 0 Å². The quantitative estimate of drug-likeness (QED) is 0.0308. The molecule has 3 aromatic heterocycles. The Morgan fingerprint density at radius 1 is 0.219 bits per heavy atom. The maximum absolute atomic E-state index is 5.77. The highest BCUT2D eigenvalue weighted by Gasteiger charge is 2.29. The Hall–Kier alpha value is -3.28. The molecule has 2 aliphatic rings. The van der Waals surface area contributed by atoms with Crippen LogP contribution in [0.25, 0.3) is 89.7 Å². The minimum absolute atomic E-state index is 0.626. The third-order valence-corrected chi connectivity index (χ3v) is 25.0. The van der Waals surface area contributed by atoms with Crippen molar-refractivity contribution in [2.24, 2.45) is 0 Å². The lowest BCUT2D eigenvalue weighted by Crippen LogP contribution is -2.36. The van der Waals surface area contributed by atoms with Gasteiger partial charge in [-0.2, -0.15) is 0 Å². The van der Waals surface area contributed by atoms with Crippen LogP contribution in [-0.4, -0.2) is 343 Å². The molecule has 16 nitrogen and oxygen atoms in total. The van der Waals surface area contributed by atoms with E-state index in [0.29, 0.717) is 45.9 Å². The van der Waals surface area contributed by atoms with Crippen molar-refractivity contribution < 1.29 is 35.9 Å². The van der Waals surface area contributed by atoms with Gasteiger partial charge >= 0.3 is 0 Å². The highest BCUT2D eigenvalue weighted by Crippen LogP contribution is 2.47. The number of aromatic amines is 2. The smallest absolute Gasteiger partial charge is 0.164 e. The van der Waals surface area contributed by atoms with E-state index in [-0.39, 0.29) is 0 Å². The van der Waals surface area contributed by atoms with E-state index in [1.54, 1.807) is 0 Å². The maximum atomic E-state index is 5.77. The van der Waals surface area contributed by atoms with E-state index in [1.807, 2.05) is 94.1 Å². The first-order chi connectivity index (χ1) is 44.5. The van der Waals surface area contributed by atoms with Crippen molar-refractivity contribution in [3.63, 3.8) is 0 Å². The molecule has 2 N–H and O–H groups in total. The number of hydrogen-bond donors (Lipinski definition) is 2. The van der Waals surface area contributed by atoms with Gasteiger partial charge in [0.05, 0.1) is 222 Å². The fourth-order valence-corrected chi connectivity index (χ4v) is 21.7. The molecule has 7 aromatic rings. The summed E-state index contributed by atoms with van der Waals surface area (Å²) in [6, 6.07) is 19.0. The molecule has 96 heavy (non-hydrogen) atoms. The molecule has 0 spiro atoms. The second kappa shape index (κ2) is 30.7. The van der Waals surface area contributed by atoms with Gasteiger partial charge in [-0.05, 0) is 48.5 Å². The summed E-state index contributed by atoms with van der Waals surface area (Å²) in [7, 11) is 54.7. The second-order valence-corrected chi connectivity index (χ2v) is 43.0. The molecule has 0 unspecified atom stereocenters. The highest BCUT2D eigenvalue weighted by molar-refractivity contribution is 8.03. The van der Waals surface area contributed by atoms with E-state index in [0.717, 1.165) is 178 Å². The Labute approximate surface area is 609 Å². The Balaban J connectivity index is 1.42. The van der Waals surface area contributed by atoms with Crippen LogP contribution in [0.2, 0.25) is 0 Å². The Bertz CT molecular complexity index is 3580. The van der Waals surface area contributed by atoms with Gasteiger partial charge in [0, 0.05) is 129 Å². The van der Waals surface area contributed by atoms with Crippen LogP contribution < -0.4 is 0 Å². The first-order valence-electron chi connectivity index (χ1n) is 33.5. The third kappa shape index (κ3) is 22.4. The lowest BCUT2D eigenvalue weighted by molar-refractivity contribution is -0.867. The zero-order valence-electron chi connectivity index (χ0n) is 62.5. The number of fused-ring (bicyclic) bond motifs is 20. The molecule has 5 heterocycles. The fourth-order valence-electron chi connectivity index (χ4n) is 10.2. The lowest BCUT2D eigenvalue weighted by Gasteiger charge is -2.24. The van der Waals surface area contributed by atoms with Gasteiger partial charge in [-0.25, -0.2) is 29.9 Å². The third-order valence-electron chi connectivity index (χ3n) is 16.2. The van der Waals surface area contributed by atoms with Crippen LogP contribution in [0.1, 0.15) is 0 Å². The van der Waals surface area contributed by atoms with E-state index >= 15 is 0 Å². The predicted molar refractivity (Wildman–Crippen MR) is 425 cm³/mol. The van der Waals surface area contributed by atoms with Crippen LogP contribution in [0.4, 0.5) is 0 Å². The minimum atomic E-state index is 0.626. The molecule has 8 bridgehead atoms. The van der Waals surface area contributed by atoms with Crippen molar-refractivity contribution in [2.75, 3.05) is 268 Å². The van der Waals surface area contributed by atoms with Gasteiger partial charge in [-0.1, -0.05) is 0 Å². The number of thioether (sulfide) groups is 8. The fraction of sp³-hybridized carbons (Fsp3) is 0.556. The van der Waals surface area contributed by atoms with Crippen LogP contribution in [0.5, 0.6) is 0 Å². The molecule has 0 aliphatic carbocycles. The molecule has 4 aromatic carbocycles. The molecular formula is C72H114N16S8+8. The van der Waals surface area contributed by atoms with Crippen LogP contribution >= 0.6 is 94.1 Å². The van der Waals surface area contributed by atoms with Crippen LogP contribution in [0.15, 0.2) is 87.7 Å². The Kier molecular flexibility index (Phi) is 24.6. The molecule has 9 rings (SSSR count). The van der Waals surface area contributed by atoms with Gasteiger partial charge in [-0.3, -0.25) is 0 Å². The molecule has 0 saturated carbocycles. The average molecular weight is 1460 g/mol. The molecule has 0 amide bonds. The summed E-state index contributed by atoms with van der Waals surface area (Å²) < 4.78 is 7.08. The van der Waals surface area contributed by atoms with Gasteiger partial charge in [-0.15, -0.1) is 94.1 Å². The van der Waals surface area contributed by atoms with Crippen LogP contribution in [0.3, 0.4) is 0 Å². The lowest BCUT2D eigenvalue weighted by atomic mass is 10.1. The minimum Gasteiger partial charge on any atom is -0.330 e. The maximum Gasteiger partial charge on any atom is 0.164 e. The van der Waals surface area contributed by atoms with Crippen molar-refractivity contribution in [1.29, 1.82) is 0 Å². The summed E-state index contributed by atoms with van der Waals surface area (Å²) in [5.74, 6) is 10.3. The number of quaternary nitrogens is 8. The number of nitrogens with one attached hydrogen (secondary N) is 2. The van der Waals surface area contributed by atoms with Gasteiger partial charge in [0.2, 0.25) is 0 Å². The Morgan fingerprint density at radius 3 is 0.510 bits per heavy atom. The summed E-state index contributed by atoms with van der Waals surface area (Å²) >= 11 is 15.5. The van der Waals surface area contributed by atoms with Gasteiger partial charge in [0.15, 0.2) is 23.3 Å². The number of H-pyrrole nitrogens is 2. The first kappa shape index (κ1) is 76.9. The van der Waals surface area contributed by atoms with Crippen molar-refractivity contribution in [1.82, 2.24) is 39.9 Å². The molecule has 0 saturated heterocycles. The molecule has 0 atom stereocenters. The largest absolute Gasteiger partial charge is 0.330 e. The van der Waals surface area contributed by atoms with Crippen molar-refractivity contribution in [3.05, 3.63) is 48.5 Å². The monoisotopic (exact) mass is 1460 g/mol. The standard InChI is InChI=1S/C72H114N16S8/c1-81(2,3)25-33-89-57-41-49-50(42-58(57)90-34-26-82(4,5)6)66-73-65(49)77-67-51-43-59(91-35-27-83(7,8)9)60(92-36-28-84(10,11)12)44-52(51)69(74-67)79-71-55-47-63(95-39-31-87(19,20)21)64(96-40-32-88(22,23)24)48-56(55)72(76-71)80-70-54-46-62(94-38-30-86(16,17)18)61(93-37-29-85(13,14)15)45-53(54)68(75-70)78-66/h41-48H,25-40H2,1-24H3,(H2,73,74,75,76,77,78,79,80)/q+8. The van der Waals surface area contributed by atoms with Crippen molar-refractivity contribution >= 4 is 138 Å². The molecule has 0 radical (unpaired) electrons. The zero-order chi connectivity index (χ0) is 70.1. The topological polar surface area (TPSA) is 109 Å². The molecule has 2 aliphatic heterocycles. The molecule has 522 valence electrons. The van der Waals surface area contributed by atoms with Crippen molar-refractivity contribution in [2.45, 2.75) is 39.2 Å². The number of nitrogens with zero attached hydrogens (tertiary/aromatic N) is 14. The molecule has 24 heteroatoms. The number of aromatic nitrogens is 8. The van der Waals surface area contributed by atoms with E-state index in [9.17, 15) is 0 Å². The van der Waals surface area contributed by atoms with Gasteiger partial charge in [0.1, 0.15) is 22.6 Å². The van der Waals surface area contributed by atoms with Crippen LogP contribution in [0, 0.1) is 0 Å². The molecular weight excluding hydrogens is 1350 g/mol. The van der Waals surface area contributed by atoms with Crippen molar-refractivity contribution in [3.8, 4) is 45.6 Å². The zero-order valence-corrected chi connectivity index (χ0v) is 69.0. The first-order valence-corrected chi connectivity index (χ1v) is 41.4. The van der Waals surface area contributed by atoms with Gasteiger partial charge in [0.25, 0.3) is 0 Å². The predicted octanol–water partition coefficient (Wildman–Crippen LogP) is 13.3. The number of rotatable bonds is 32. The Morgan fingerprint density at radius 2 is 0.365 bits per heavy atom. The SMILES string of the molecule is C[N+](C)(C)CCSc1cc2c(cc1SCC[N+](C)(C)C)-c1nc-2nc2[nH]c(nc3nc(nc4[nH]c(n1)c1cc(SCC[N+](C)(C)C)c(SCC[N+](C)(C)C)cc41)-c1cc(SCC[N+](C)(C)C)c(SCC[N+](C)(C)C)cc1-3)c1cc(SCC[N+](C)(C)C)c(SCC[N+](C)(C)C)cc21. The van der Waals surface area contributed by atoms with E-state index in [4.69, 9.17) is 29.9 Å². The highest BCUT2D eigenvalue weighted by atomic mass is 32.2. The van der Waals surface area contributed by atoms with Gasteiger partial charge < -0.3 is 45.8 Å². The van der Waals surface area contributed by atoms with E-state index < -0.39 is 0 Å². The average Bonchev–Trinajstić information content (AvgIpc) is 1.59. The summed E-state index contributed by atoms with van der Waals surface area (Å²) in [5.41, 5.74) is 6.74. The summed E-state index contributed by atoms with van der Waals surface area (Å²) in [5, 5.41) is 4.00. The number of benzene rings is 4. The second-order valence-electron chi connectivity index (χ2n) is 33.9. The van der Waals surface area contributed by atoms with E-state index in [1.165, 1.54) is 39.2 Å². The number of hydrogen-bond acceptors (Lipinski definition) is 14. The summed E-state index contributed by atoms with van der Waals surface area (Å²) in [6.07, 6.45) is 0. The molecule has 0 fully saturated rings. The summed E-state index contributed by atoms with van der Waals surface area (Å²) in [6.45, 7) is 8.19.